The van der Waals surface area contributed by atoms with Crippen LogP contribution in [0.2, 0.25) is 0 Å². The summed E-state index contributed by atoms with van der Waals surface area (Å²) in [5.41, 5.74) is 1.70. The average molecular weight is 400 g/mol. The number of benzene rings is 2. The van der Waals surface area contributed by atoms with Gasteiger partial charge in [-0.05, 0) is 73.6 Å². The number of carbonyl (C=O) groups is 1. The van der Waals surface area contributed by atoms with Gasteiger partial charge in [0, 0.05) is 0 Å². The van der Waals surface area contributed by atoms with E-state index in [1.165, 1.54) is 29.8 Å². The van der Waals surface area contributed by atoms with Gasteiger partial charge in [0.2, 0.25) is 0 Å². The molecule has 2 aromatic carbocycles. The molecular weight excluding hydrogens is 375 g/mol. The van der Waals surface area contributed by atoms with Crippen LogP contribution in [0.25, 0.3) is 0 Å². The number of hydrogen-bond acceptors (Lipinski definition) is 5. The third kappa shape index (κ3) is 5.85. The predicted octanol–water partition coefficient (Wildman–Crippen LogP) is 4.46. The largest absolute Gasteiger partial charge is 0.423 e. The molecule has 0 N–H and O–H groups in total. The zero-order valence-corrected chi connectivity index (χ0v) is 16.2. The molecule has 1 atom stereocenters. The quantitative estimate of drug-likeness (QED) is 0.215. The summed E-state index contributed by atoms with van der Waals surface area (Å²) in [6, 6.07) is 13.0. The average Bonchev–Trinajstić information content (AvgIpc) is 3.58. The van der Waals surface area contributed by atoms with Gasteiger partial charge in [-0.1, -0.05) is 12.1 Å². The van der Waals surface area contributed by atoms with Gasteiger partial charge >= 0.3 is 5.97 Å². The van der Waals surface area contributed by atoms with E-state index in [4.69, 9.17) is 18.9 Å². The Morgan fingerprint density at radius 1 is 1.00 bits per heavy atom. The van der Waals surface area contributed by atoms with Crippen LogP contribution in [0.4, 0.5) is 4.39 Å². The van der Waals surface area contributed by atoms with Gasteiger partial charge in [0.25, 0.3) is 0 Å². The van der Waals surface area contributed by atoms with Crippen LogP contribution in [0.1, 0.15) is 47.5 Å². The Labute approximate surface area is 169 Å². The van der Waals surface area contributed by atoms with Gasteiger partial charge in [0.15, 0.2) is 0 Å². The van der Waals surface area contributed by atoms with Crippen LogP contribution in [0, 0.1) is 5.82 Å². The lowest BCUT2D eigenvalue weighted by Crippen LogP contribution is -2.22. The van der Waals surface area contributed by atoms with Crippen molar-refractivity contribution in [1.82, 2.24) is 0 Å². The van der Waals surface area contributed by atoms with Crippen molar-refractivity contribution < 1.29 is 28.1 Å². The number of ether oxygens (including phenoxy) is 4. The van der Waals surface area contributed by atoms with Crippen LogP contribution in [-0.2, 0) is 14.2 Å². The first-order valence-corrected chi connectivity index (χ1v) is 10.1. The second-order valence-corrected chi connectivity index (χ2v) is 7.55. The Morgan fingerprint density at radius 3 is 2.34 bits per heavy atom. The van der Waals surface area contributed by atoms with Crippen LogP contribution in [0.3, 0.4) is 0 Å². The van der Waals surface area contributed by atoms with E-state index in [0.29, 0.717) is 30.6 Å². The highest BCUT2D eigenvalue weighted by Crippen LogP contribution is 2.34. The van der Waals surface area contributed by atoms with Crippen molar-refractivity contribution in [3.63, 3.8) is 0 Å². The van der Waals surface area contributed by atoms with Gasteiger partial charge < -0.3 is 18.9 Å². The van der Waals surface area contributed by atoms with Crippen molar-refractivity contribution in [3.8, 4) is 5.75 Å². The number of esters is 1. The Kier molecular flexibility index (Phi) is 6.54. The molecule has 0 bridgehead atoms. The van der Waals surface area contributed by atoms with Gasteiger partial charge in [-0.2, -0.15) is 0 Å². The summed E-state index contributed by atoms with van der Waals surface area (Å²) < 4.78 is 34.6. The molecule has 5 nitrogen and oxygen atoms in total. The molecule has 2 fully saturated rings. The lowest BCUT2D eigenvalue weighted by molar-refractivity contribution is -0.102. The molecule has 1 heterocycles. The topological polar surface area (TPSA) is 57.3 Å². The first kappa shape index (κ1) is 20.0. The van der Waals surface area contributed by atoms with Crippen LogP contribution in [0.15, 0.2) is 48.5 Å². The number of epoxide rings is 1. The van der Waals surface area contributed by atoms with E-state index in [0.717, 1.165) is 32.3 Å². The minimum absolute atomic E-state index is 0.247. The summed E-state index contributed by atoms with van der Waals surface area (Å²) in [6.07, 6.45) is 4.62. The molecule has 154 valence electrons. The number of rotatable bonds is 8. The number of halogens is 1. The molecule has 1 saturated heterocycles. The second kappa shape index (κ2) is 9.48. The van der Waals surface area contributed by atoms with Crippen molar-refractivity contribution >= 4 is 5.97 Å². The molecule has 2 aromatic rings. The zero-order valence-electron chi connectivity index (χ0n) is 16.2. The maximum Gasteiger partial charge on any atom is 0.343 e. The Morgan fingerprint density at radius 2 is 1.69 bits per heavy atom. The van der Waals surface area contributed by atoms with Crippen molar-refractivity contribution in [2.24, 2.45) is 0 Å². The lowest BCUT2D eigenvalue weighted by Gasteiger charge is -2.28. The first-order valence-electron chi connectivity index (χ1n) is 10.1. The standard InChI is InChI=1S/C23H25FO5/c24-19-7-11-21(12-8-19)29-23(25)18-3-1-16(2-4-18)17-5-9-20(10-6-17)28-15-26-13-22-14-27-22/h1-4,7-8,11-12,17,20,22H,5-6,9-10,13-15H2. The molecule has 1 aliphatic heterocycles. The van der Waals surface area contributed by atoms with Crippen molar-refractivity contribution in [1.29, 1.82) is 0 Å². The Bertz CT molecular complexity index is 793. The second-order valence-electron chi connectivity index (χ2n) is 7.55. The summed E-state index contributed by atoms with van der Waals surface area (Å²) >= 11 is 0. The molecule has 0 amide bonds. The number of carbonyl (C=O) groups excluding carboxylic acids is 1. The van der Waals surface area contributed by atoms with Gasteiger partial charge in [-0.3, -0.25) is 0 Å². The fourth-order valence-electron chi connectivity index (χ4n) is 3.61. The maximum absolute atomic E-state index is 12.9. The van der Waals surface area contributed by atoms with E-state index in [-0.39, 0.29) is 18.0 Å². The minimum atomic E-state index is -0.447. The molecular formula is C23H25FO5. The predicted molar refractivity (Wildman–Crippen MR) is 104 cm³/mol. The fraction of sp³-hybridized carbons (Fsp3) is 0.435. The molecule has 0 radical (unpaired) electrons. The van der Waals surface area contributed by atoms with E-state index in [9.17, 15) is 9.18 Å². The molecule has 0 spiro atoms. The smallest absolute Gasteiger partial charge is 0.343 e. The summed E-state index contributed by atoms with van der Waals surface area (Å²) in [7, 11) is 0. The number of hydrogen-bond donors (Lipinski definition) is 0. The molecule has 6 heteroatoms. The lowest BCUT2D eigenvalue weighted by atomic mass is 9.82. The van der Waals surface area contributed by atoms with Crippen LogP contribution < -0.4 is 4.74 Å². The van der Waals surface area contributed by atoms with Crippen molar-refractivity contribution in [2.45, 2.75) is 43.8 Å². The minimum Gasteiger partial charge on any atom is -0.423 e. The molecule has 29 heavy (non-hydrogen) atoms. The molecule has 0 aromatic heterocycles. The van der Waals surface area contributed by atoms with Gasteiger partial charge in [0.05, 0.1) is 24.9 Å². The SMILES string of the molecule is O=C(Oc1ccc(F)cc1)c1ccc(C2CCC(OCOCC3CO3)CC2)cc1. The van der Waals surface area contributed by atoms with Crippen molar-refractivity contribution in [2.75, 3.05) is 20.0 Å². The first-order chi connectivity index (χ1) is 14.2. The highest BCUT2D eigenvalue weighted by molar-refractivity contribution is 5.91. The highest BCUT2D eigenvalue weighted by Gasteiger charge is 2.25. The third-order valence-corrected chi connectivity index (χ3v) is 5.41. The maximum atomic E-state index is 12.9. The zero-order chi connectivity index (χ0) is 20.1. The molecule has 1 unspecified atom stereocenters. The summed E-state index contributed by atoms with van der Waals surface area (Å²) in [5.74, 6) is -0.0169. The van der Waals surface area contributed by atoms with E-state index < -0.39 is 5.97 Å². The van der Waals surface area contributed by atoms with Crippen LogP contribution in [-0.4, -0.2) is 38.2 Å². The van der Waals surface area contributed by atoms with Crippen molar-refractivity contribution in [3.05, 3.63) is 65.5 Å². The molecule has 1 saturated carbocycles. The molecule has 1 aliphatic carbocycles. The normalized spacial score (nSPS) is 23.6. The van der Waals surface area contributed by atoms with Crippen LogP contribution in [0.5, 0.6) is 5.75 Å². The Hall–Kier alpha value is -2.28. The van der Waals surface area contributed by atoms with Gasteiger partial charge in [-0.25, -0.2) is 9.18 Å². The third-order valence-electron chi connectivity index (χ3n) is 5.41. The molecule has 2 aliphatic rings. The molecule has 4 rings (SSSR count). The summed E-state index contributed by atoms with van der Waals surface area (Å²) in [4.78, 5) is 12.2. The van der Waals surface area contributed by atoms with E-state index >= 15 is 0 Å². The van der Waals surface area contributed by atoms with Gasteiger partial charge in [-0.15, -0.1) is 0 Å². The van der Waals surface area contributed by atoms with Gasteiger partial charge in [0.1, 0.15) is 24.5 Å². The fourth-order valence-corrected chi connectivity index (χ4v) is 3.61. The summed E-state index contributed by atoms with van der Waals surface area (Å²) in [5, 5.41) is 0. The summed E-state index contributed by atoms with van der Waals surface area (Å²) in [6.45, 7) is 1.75. The highest BCUT2D eigenvalue weighted by atomic mass is 19.1. The van der Waals surface area contributed by atoms with E-state index in [1.807, 2.05) is 12.1 Å². The van der Waals surface area contributed by atoms with Crippen LogP contribution >= 0.6 is 0 Å². The van der Waals surface area contributed by atoms with E-state index in [2.05, 4.69) is 0 Å². The Balaban J connectivity index is 1.22. The monoisotopic (exact) mass is 400 g/mol. The van der Waals surface area contributed by atoms with E-state index in [1.54, 1.807) is 12.1 Å².